The van der Waals surface area contributed by atoms with Crippen molar-refractivity contribution in [2.24, 2.45) is 0 Å². The quantitative estimate of drug-likeness (QED) is 0.815. The third kappa shape index (κ3) is 5.78. The van der Waals surface area contributed by atoms with Crippen LogP contribution in [-0.4, -0.2) is 39.8 Å². The zero-order chi connectivity index (χ0) is 16.1. The number of hydrogen-bond acceptors (Lipinski definition) is 4. The van der Waals surface area contributed by atoms with E-state index in [1.54, 1.807) is 16.9 Å². The van der Waals surface area contributed by atoms with Gasteiger partial charge in [-0.2, -0.15) is 5.10 Å². The van der Waals surface area contributed by atoms with Gasteiger partial charge < -0.3 is 10.6 Å². The van der Waals surface area contributed by atoms with E-state index in [0.29, 0.717) is 17.9 Å². The van der Waals surface area contributed by atoms with E-state index >= 15 is 0 Å². The molecule has 0 bridgehead atoms. The molecule has 0 saturated carbocycles. The summed E-state index contributed by atoms with van der Waals surface area (Å²) in [5.74, 6) is 0.598. The molecular weight excluding hydrogens is 349 g/mol. The van der Waals surface area contributed by atoms with Crippen LogP contribution in [0.1, 0.15) is 35.6 Å². The predicted molar refractivity (Wildman–Crippen MR) is 101 cm³/mol. The van der Waals surface area contributed by atoms with Gasteiger partial charge in [-0.15, -0.1) is 24.8 Å². The predicted octanol–water partition coefficient (Wildman–Crippen LogP) is 2.46. The van der Waals surface area contributed by atoms with Gasteiger partial charge in [0.2, 0.25) is 0 Å². The number of nitrogens with zero attached hydrogens (tertiary/aromatic N) is 3. The molecule has 0 aromatic carbocycles. The number of hydrogen-bond donors (Lipinski definition) is 2. The molecule has 6 nitrogen and oxygen atoms in total. The van der Waals surface area contributed by atoms with Crippen LogP contribution < -0.4 is 10.6 Å². The Hall–Kier alpha value is -1.63. The largest absolute Gasteiger partial charge is 0.350 e. The lowest BCUT2D eigenvalue weighted by atomic mass is 10.2. The van der Waals surface area contributed by atoms with Gasteiger partial charge >= 0.3 is 0 Å². The average molecular weight is 374 g/mol. The first-order valence-corrected chi connectivity index (χ1v) is 7.52. The highest BCUT2D eigenvalue weighted by molar-refractivity contribution is 5.93. The molecule has 0 fully saturated rings. The average Bonchev–Trinajstić information content (AvgIpc) is 2.84. The Bertz CT molecular complexity index is 642. The maximum absolute atomic E-state index is 12.1. The van der Waals surface area contributed by atoms with E-state index in [2.05, 4.69) is 20.7 Å². The van der Waals surface area contributed by atoms with Crippen molar-refractivity contribution < 1.29 is 4.79 Å². The molecule has 24 heavy (non-hydrogen) atoms. The minimum absolute atomic E-state index is 0. The van der Waals surface area contributed by atoms with Crippen LogP contribution >= 0.6 is 24.8 Å². The topological polar surface area (TPSA) is 71.8 Å². The first-order chi connectivity index (χ1) is 10.5. The van der Waals surface area contributed by atoms with Crippen LogP contribution in [0.3, 0.4) is 0 Å². The Kier molecular flexibility index (Phi) is 9.58. The van der Waals surface area contributed by atoms with Gasteiger partial charge in [-0.1, -0.05) is 6.92 Å². The summed E-state index contributed by atoms with van der Waals surface area (Å²) in [6.07, 6.45) is 1.58. The number of carbonyl (C=O) groups excluding carboxylic acids is 1. The number of amides is 1. The Balaban J connectivity index is 0.00000264. The summed E-state index contributed by atoms with van der Waals surface area (Å²) in [5.41, 5.74) is 2.51. The lowest BCUT2D eigenvalue weighted by Gasteiger charge is -2.13. The fraction of sp³-hybridized carbons (Fsp3) is 0.438. The molecule has 0 aliphatic rings. The molecular formula is C16H25Cl2N5O. The van der Waals surface area contributed by atoms with Gasteiger partial charge in [0.25, 0.3) is 5.91 Å². The molecule has 2 aromatic heterocycles. The third-order valence-corrected chi connectivity index (χ3v) is 3.36. The van der Waals surface area contributed by atoms with E-state index < -0.39 is 0 Å². The SMILES string of the molecule is CCN[C@H](C)CNC(=O)c1ccc(-n2nc(C)cc2C)nc1.Cl.Cl. The van der Waals surface area contributed by atoms with Crippen LogP contribution in [0.5, 0.6) is 0 Å². The molecule has 2 aromatic rings. The zero-order valence-corrected chi connectivity index (χ0v) is 16.0. The van der Waals surface area contributed by atoms with Gasteiger partial charge in [0.05, 0.1) is 11.3 Å². The second-order valence-corrected chi connectivity index (χ2v) is 5.41. The highest BCUT2D eigenvalue weighted by Gasteiger charge is 2.09. The Morgan fingerprint density at radius 3 is 2.50 bits per heavy atom. The number of pyridine rings is 1. The van der Waals surface area contributed by atoms with Crippen molar-refractivity contribution in [2.45, 2.75) is 33.7 Å². The van der Waals surface area contributed by atoms with Gasteiger partial charge in [0, 0.05) is 24.5 Å². The number of rotatable bonds is 6. The number of nitrogens with one attached hydrogen (secondary N) is 2. The fourth-order valence-electron chi connectivity index (χ4n) is 2.27. The molecule has 1 amide bonds. The number of aromatic nitrogens is 3. The summed E-state index contributed by atoms with van der Waals surface area (Å²) < 4.78 is 1.77. The highest BCUT2D eigenvalue weighted by atomic mass is 35.5. The molecule has 0 radical (unpaired) electrons. The van der Waals surface area contributed by atoms with Crippen LogP contribution in [0.2, 0.25) is 0 Å². The minimum Gasteiger partial charge on any atom is -0.350 e. The summed E-state index contributed by atoms with van der Waals surface area (Å²) in [6.45, 7) is 9.47. The molecule has 8 heteroatoms. The monoisotopic (exact) mass is 373 g/mol. The first kappa shape index (κ1) is 22.4. The third-order valence-electron chi connectivity index (χ3n) is 3.36. The van der Waals surface area contributed by atoms with Gasteiger partial charge in [-0.05, 0) is 45.5 Å². The lowest BCUT2D eigenvalue weighted by molar-refractivity contribution is 0.0950. The standard InChI is InChI=1S/C16H23N5O.2ClH/c1-5-17-12(3)9-19-16(22)14-6-7-15(18-10-14)21-13(4)8-11(2)20-21;;/h6-8,10,12,17H,5,9H2,1-4H3,(H,19,22);2*1H/t12-;;/m1../s1. The molecule has 2 N–H and O–H groups in total. The van der Waals surface area contributed by atoms with E-state index in [0.717, 1.165) is 17.9 Å². The maximum atomic E-state index is 12.1. The molecule has 1 atom stereocenters. The van der Waals surface area contributed by atoms with Crippen LogP contribution in [0.4, 0.5) is 0 Å². The molecule has 0 aliphatic carbocycles. The van der Waals surface area contributed by atoms with Crippen LogP contribution in [0.25, 0.3) is 5.82 Å². The molecule has 0 spiro atoms. The first-order valence-electron chi connectivity index (χ1n) is 7.52. The van der Waals surface area contributed by atoms with E-state index in [-0.39, 0.29) is 36.8 Å². The highest BCUT2D eigenvalue weighted by Crippen LogP contribution is 2.10. The fourth-order valence-corrected chi connectivity index (χ4v) is 2.27. The van der Waals surface area contributed by atoms with E-state index in [9.17, 15) is 4.79 Å². The van der Waals surface area contributed by atoms with Gasteiger partial charge in [0.1, 0.15) is 0 Å². The number of halogens is 2. The summed E-state index contributed by atoms with van der Waals surface area (Å²) in [7, 11) is 0. The second kappa shape index (κ2) is 10.3. The number of aryl methyl sites for hydroxylation is 2. The lowest BCUT2D eigenvalue weighted by Crippen LogP contribution is -2.38. The van der Waals surface area contributed by atoms with Gasteiger partial charge in [-0.3, -0.25) is 4.79 Å². The second-order valence-electron chi connectivity index (χ2n) is 5.41. The molecule has 0 unspecified atom stereocenters. The normalized spacial score (nSPS) is 11.2. The van der Waals surface area contributed by atoms with Gasteiger partial charge in [-0.25, -0.2) is 9.67 Å². The van der Waals surface area contributed by atoms with Crippen molar-refractivity contribution in [2.75, 3.05) is 13.1 Å². The van der Waals surface area contributed by atoms with Crippen LogP contribution in [0.15, 0.2) is 24.4 Å². The Labute approximate surface area is 155 Å². The Morgan fingerprint density at radius 1 is 1.29 bits per heavy atom. The summed E-state index contributed by atoms with van der Waals surface area (Å²) in [5, 5.41) is 10.5. The van der Waals surface area contributed by atoms with Crippen LogP contribution in [0, 0.1) is 13.8 Å². The van der Waals surface area contributed by atoms with Crippen molar-refractivity contribution in [3.63, 3.8) is 0 Å². The molecule has 2 rings (SSSR count). The molecule has 134 valence electrons. The maximum Gasteiger partial charge on any atom is 0.252 e. The summed E-state index contributed by atoms with van der Waals surface area (Å²) in [6, 6.07) is 5.81. The molecule has 2 heterocycles. The van der Waals surface area contributed by atoms with E-state index in [4.69, 9.17) is 0 Å². The molecule has 0 aliphatic heterocycles. The van der Waals surface area contributed by atoms with Crippen molar-refractivity contribution in [3.05, 3.63) is 41.3 Å². The smallest absolute Gasteiger partial charge is 0.252 e. The zero-order valence-electron chi connectivity index (χ0n) is 14.4. The van der Waals surface area contributed by atoms with Crippen molar-refractivity contribution >= 4 is 30.7 Å². The number of likely N-dealkylation sites (N-methyl/N-ethyl adjacent to an activating group) is 1. The minimum atomic E-state index is -0.114. The van der Waals surface area contributed by atoms with Gasteiger partial charge in [0.15, 0.2) is 5.82 Å². The van der Waals surface area contributed by atoms with Crippen molar-refractivity contribution in [3.8, 4) is 5.82 Å². The van der Waals surface area contributed by atoms with Crippen molar-refractivity contribution in [1.29, 1.82) is 0 Å². The van der Waals surface area contributed by atoms with Crippen molar-refractivity contribution in [1.82, 2.24) is 25.4 Å². The Morgan fingerprint density at radius 2 is 2.00 bits per heavy atom. The summed E-state index contributed by atoms with van der Waals surface area (Å²) in [4.78, 5) is 16.4. The van der Waals surface area contributed by atoms with E-state index in [1.807, 2.05) is 39.8 Å². The van der Waals surface area contributed by atoms with E-state index in [1.165, 1.54) is 0 Å². The van der Waals surface area contributed by atoms with Crippen LogP contribution in [-0.2, 0) is 0 Å². The summed E-state index contributed by atoms with van der Waals surface area (Å²) >= 11 is 0. The molecule has 0 saturated heterocycles. The number of carbonyl (C=O) groups is 1.